The number of benzene rings is 1. The molecule has 0 saturated heterocycles. The van der Waals surface area contributed by atoms with Crippen LogP contribution in [0.5, 0.6) is 11.5 Å². The van der Waals surface area contributed by atoms with Gasteiger partial charge < -0.3 is 14.8 Å². The average Bonchev–Trinajstić information content (AvgIpc) is 3.36. The monoisotopic (exact) mass is 275 g/mol. The van der Waals surface area contributed by atoms with Crippen LogP contribution in [-0.4, -0.2) is 20.8 Å². The van der Waals surface area contributed by atoms with E-state index >= 15 is 0 Å². The van der Waals surface area contributed by atoms with E-state index in [1.807, 2.05) is 12.1 Å². The highest BCUT2D eigenvalue weighted by atomic mass is 16.5. The smallest absolute Gasteiger partial charge is 0.127 e. The van der Waals surface area contributed by atoms with Gasteiger partial charge in [-0.05, 0) is 50.0 Å². The fraction of sp³-hybridized carbons (Fsp3) is 0.647. The summed E-state index contributed by atoms with van der Waals surface area (Å²) in [6, 6.07) is 6.38. The minimum atomic E-state index is 0.312. The molecule has 1 aromatic rings. The summed E-state index contributed by atoms with van der Waals surface area (Å²) in [6.45, 7) is 3.36. The third kappa shape index (κ3) is 2.64. The largest absolute Gasteiger partial charge is 0.497 e. The van der Waals surface area contributed by atoms with Crippen molar-refractivity contribution in [3.63, 3.8) is 0 Å². The van der Waals surface area contributed by atoms with Crippen molar-refractivity contribution in [3.05, 3.63) is 23.8 Å². The summed E-state index contributed by atoms with van der Waals surface area (Å²) in [5.74, 6) is 2.75. The van der Waals surface area contributed by atoms with Gasteiger partial charge in [-0.15, -0.1) is 0 Å². The van der Waals surface area contributed by atoms with Crippen LogP contribution in [0.25, 0.3) is 0 Å². The number of ether oxygens (including phenoxy) is 2. The lowest BCUT2D eigenvalue weighted by Crippen LogP contribution is -2.28. The van der Waals surface area contributed by atoms with Crippen LogP contribution < -0.4 is 14.8 Å². The summed E-state index contributed by atoms with van der Waals surface area (Å²) < 4.78 is 10.8. The van der Waals surface area contributed by atoms with Crippen molar-refractivity contribution >= 4 is 0 Å². The molecule has 0 radical (unpaired) electrons. The highest BCUT2D eigenvalue weighted by molar-refractivity contribution is 5.42. The number of methoxy groups -OCH3 is 2. The molecule has 1 unspecified atom stereocenters. The van der Waals surface area contributed by atoms with Crippen LogP contribution in [0.4, 0.5) is 0 Å². The van der Waals surface area contributed by atoms with Gasteiger partial charge >= 0.3 is 0 Å². The maximum atomic E-state index is 5.50. The molecule has 2 fully saturated rings. The van der Waals surface area contributed by atoms with E-state index in [0.29, 0.717) is 11.5 Å². The fourth-order valence-corrected chi connectivity index (χ4v) is 3.23. The van der Waals surface area contributed by atoms with Crippen LogP contribution in [0.1, 0.15) is 44.2 Å². The highest BCUT2D eigenvalue weighted by Crippen LogP contribution is 2.61. The molecule has 2 aliphatic carbocycles. The van der Waals surface area contributed by atoms with Gasteiger partial charge in [-0.3, -0.25) is 0 Å². The molecule has 3 rings (SSSR count). The average molecular weight is 275 g/mol. The minimum Gasteiger partial charge on any atom is -0.497 e. The van der Waals surface area contributed by atoms with Gasteiger partial charge in [0.2, 0.25) is 0 Å². The Morgan fingerprint density at radius 1 is 1.25 bits per heavy atom. The van der Waals surface area contributed by atoms with Gasteiger partial charge in [0.1, 0.15) is 11.5 Å². The van der Waals surface area contributed by atoms with Crippen LogP contribution >= 0.6 is 0 Å². The van der Waals surface area contributed by atoms with Crippen molar-refractivity contribution in [2.24, 2.45) is 11.3 Å². The van der Waals surface area contributed by atoms with Crippen LogP contribution in [0.2, 0.25) is 0 Å². The van der Waals surface area contributed by atoms with Gasteiger partial charge in [-0.1, -0.05) is 6.07 Å². The van der Waals surface area contributed by atoms with E-state index in [2.05, 4.69) is 18.3 Å². The Balaban J connectivity index is 1.65. The minimum absolute atomic E-state index is 0.312. The van der Waals surface area contributed by atoms with Crippen LogP contribution in [0.15, 0.2) is 18.2 Å². The molecule has 0 bridgehead atoms. The Morgan fingerprint density at radius 3 is 2.55 bits per heavy atom. The maximum absolute atomic E-state index is 5.50. The lowest BCUT2D eigenvalue weighted by atomic mass is 9.99. The molecule has 110 valence electrons. The van der Waals surface area contributed by atoms with Crippen molar-refractivity contribution < 1.29 is 9.47 Å². The third-order valence-corrected chi connectivity index (χ3v) is 5.00. The zero-order valence-electron chi connectivity index (χ0n) is 12.7. The lowest BCUT2D eigenvalue weighted by Gasteiger charge is -2.22. The molecule has 3 heteroatoms. The molecule has 0 aromatic heterocycles. The van der Waals surface area contributed by atoms with E-state index in [-0.39, 0.29) is 0 Å². The Labute approximate surface area is 121 Å². The van der Waals surface area contributed by atoms with E-state index in [0.717, 1.165) is 24.0 Å². The highest BCUT2D eigenvalue weighted by Gasteiger charge is 2.53. The Kier molecular flexibility index (Phi) is 3.63. The Morgan fingerprint density at radius 2 is 2.00 bits per heavy atom. The standard InChI is InChI=1S/C17H25NO2/c1-12(18-11-17(8-9-17)13-4-5-13)15-7-6-14(19-2)10-16(15)20-3/h6-7,10,12-13,18H,4-5,8-9,11H2,1-3H3. The summed E-state index contributed by atoms with van der Waals surface area (Å²) in [6.07, 6.45) is 5.72. The molecule has 2 aliphatic rings. The van der Waals surface area contributed by atoms with Crippen molar-refractivity contribution in [1.29, 1.82) is 0 Å². The van der Waals surface area contributed by atoms with E-state index in [4.69, 9.17) is 9.47 Å². The zero-order valence-corrected chi connectivity index (χ0v) is 12.7. The van der Waals surface area contributed by atoms with Crippen molar-refractivity contribution in [1.82, 2.24) is 5.32 Å². The van der Waals surface area contributed by atoms with Gasteiger partial charge in [-0.25, -0.2) is 0 Å². The molecule has 0 heterocycles. The van der Waals surface area contributed by atoms with Gasteiger partial charge in [0.15, 0.2) is 0 Å². The van der Waals surface area contributed by atoms with Crippen LogP contribution in [-0.2, 0) is 0 Å². The van der Waals surface area contributed by atoms with Gasteiger partial charge in [0.05, 0.1) is 14.2 Å². The number of hydrogen-bond donors (Lipinski definition) is 1. The van der Waals surface area contributed by atoms with E-state index in [9.17, 15) is 0 Å². The first-order valence-electron chi connectivity index (χ1n) is 7.64. The first-order chi connectivity index (χ1) is 9.68. The summed E-state index contributed by atoms with van der Waals surface area (Å²) in [4.78, 5) is 0. The topological polar surface area (TPSA) is 30.5 Å². The molecule has 1 aromatic carbocycles. The van der Waals surface area contributed by atoms with Crippen LogP contribution in [0.3, 0.4) is 0 Å². The maximum Gasteiger partial charge on any atom is 0.127 e. The molecule has 1 N–H and O–H groups in total. The molecule has 0 amide bonds. The SMILES string of the molecule is COc1ccc(C(C)NCC2(C3CC3)CC2)c(OC)c1. The molecule has 2 saturated carbocycles. The molecule has 20 heavy (non-hydrogen) atoms. The summed E-state index contributed by atoms with van der Waals surface area (Å²) in [5.41, 5.74) is 1.84. The fourth-order valence-electron chi connectivity index (χ4n) is 3.23. The first-order valence-corrected chi connectivity index (χ1v) is 7.64. The summed E-state index contributed by atoms with van der Waals surface area (Å²) in [5, 5.41) is 3.71. The molecule has 0 spiro atoms. The summed E-state index contributed by atoms with van der Waals surface area (Å²) >= 11 is 0. The van der Waals surface area contributed by atoms with Gasteiger partial charge in [0, 0.05) is 24.2 Å². The van der Waals surface area contributed by atoms with Crippen molar-refractivity contribution in [2.75, 3.05) is 20.8 Å². The molecule has 0 aliphatic heterocycles. The zero-order chi connectivity index (χ0) is 14.2. The lowest BCUT2D eigenvalue weighted by molar-refractivity contribution is 0.365. The third-order valence-electron chi connectivity index (χ3n) is 5.00. The number of nitrogens with one attached hydrogen (secondary N) is 1. The van der Waals surface area contributed by atoms with Gasteiger partial charge in [0.25, 0.3) is 0 Å². The van der Waals surface area contributed by atoms with Gasteiger partial charge in [-0.2, -0.15) is 0 Å². The molecule has 3 nitrogen and oxygen atoms in total. The quantitative estimate of drug-likeness (QED) is 0.825. The second kappa shape index (κ2) is 5.28. The second-order valence-corrected chi connectivity index (χ2v) is 6.35. The Hall–Kier alpha value is -1.22. The Bertz CT molecular complexity index is 478. The van der Waals surface area contributed by atoms with E-state index < -0.39 is 0 Å². The molecule has 1 atom stereocenters. The summed E-state index contributed by atoms with van der Waals surface area (Å²) in [7, 11) is 3.40. The second-order valence-electron chi connectivity index (χ2n) is 6.35. The van der Waals surface area contributed by atoms with Crippen molar-refractivity contribution in [2.45, 2.75) is 38.6 Å². The first kappa shape index (κ1) is 13.7. The van der Waals surface area contributed by atoms with E-state index in [1.165, 1.54) is 31.2 Å². The molecular weight excluding hydrogens is 250 g/mol. The predicted molar refractivity (Wildman–Crippen MR) is 80.4 cm³/mol. The van der Waals surface area contributed by atoms with Crippen molar-refractivity contribution in [3.8, 4) is 11.5 Å². The normalized spacial score (nSPS) is 21.4. The number of hydrogen-bond acceptors (Lipinski definition) is 3. The molecular formula is C17H25NO2. The van der Waals surface area contributed by atoms with E-state index in [1.54, 1.807) is 14.2 Å². The predicted octanol–water partition coefficient (Wildman–Crippen LogP) is 3.54. The van der Waals surface area contributed by atoms with Crippen LogP contribution in [0, 0.1) is 11.3 Å². The number of rotatable bonds is 7.